The first-order valence-electron chi connectivity index (χ1n) is 4.45. The first-order chi connectivity index (χ1) is 6.94. The fourth-order valence-electron chi connectivity index (χ4n) is 1.17. The SMILES string of the molecule is CCCS(=O)(=O)Cc1cc(C(=O)O)co1. The lowest BCUT2D eigenvalue weighted by molar-refractivity contribution is 0.0696. The Morgan fingerprint density at radius 3 is 2.67 bits per heavy atom. The summed E-state index contributed by atoms with van der Waals surface area (Å²) in [5.74, 6) is -1.12. The van der Waals surface area contributed by atoms with Gasteiger partial charge in [-0.25, -0.2) is 13.2 Å². The van der Waals surface area contributed by atoms with Gasteiger partial charge in [0.05, 0.1) is 11.3 Å². The molecule has 0 radical (unpaired) electrons. The highest BCUT2D eigenvalue weighted by molar-refractivity contribution is 7.90. The van der Waals surface area contributed by atoms with Crippen molar-refractivity contribution < 1.29 is 22.7 Å². The summed E-state index contributed by atoms with van der Waals surface area (Å²) in [6.07, 6.45) is 1.58. The molecule has 1 heterocycles. The zero-order valence-electron chi connectivity index (χ0n) is 8.26. The molecule has 1 rings (SSSR count). The van der Waals surface area contributed by atoms with Gasteiger partial charge < -0.3 is 9.52 Å². The highest BCUT2D eigenvalue weighted by atomic mass is 32.2. The molecule has 0 aliphatic heterocycles. The first-order valence-corrected chi connectivity index (χ1v) is 6.28. The van der Waals surface area contributed by atoms with Crippen LogP contribution in [-0.2, 0) is 15.6 Å². The Morgan fingerprint density at radius 2 is 2.20 bits per heavy atom. The summed E-state index contributed by atoms with van der Waals surface area (Å²) in [6.45, 7) is 1.77. The molecule has 0 aliphatic carbocycles. The molecule has 1 N–H and O–H groups in total. The second-order valence-electron chi connectivity index (χ2n) is 3.20. The number of hydrogen-bond acceptors (Lipinski definition) is 4. The number of carboxylic acid groups (broad SMARTS) is 1. The van der Waals surface area contributed by atoms with E-state index in [4.69, 9.17) is 9.52 Å². The van der Waals surface area contributed by atoms with E-state index in [1.54, 1.807) is 6.92 Å². The molecule has 0 spiro atoms. The van der Waals surface area contributed by atoms with Gasteiger partial charge in [0.15, 0.2) is 9.84 Å². The monoisotopic (exact) mass is 232 g/mol. The molecule has 0 unspecified atom stereocenters. The van der Waals surface area contributed by atoms with Gasteiger partial charge in [-0.2, -0.15) is 0 Å². The quantitative estimate of drug-likeness (QED) is 0.827. The van der Waals surface area contributed by atoms with E-state index in [2.05, 4.69) is 0 Å². The van der Waals surface area contributed by atoms with Crippen molar-refractivity contribution in [1.82, 2.24) is 0 Å². The van der Waals surface area contributed by atoms with Crippen LogP contribution in [0.5, 0.6) is 0 Å². The second-order valence-corrected chi connectivity index (χ2v) is 5.38. The zero-order valence-corrected chi connectivity index (χ0v) is 9.08. The Labute approximate surface area is 87.6 Å². The van der Waals surface area contributed by atoms with Crippen LogP contribution in [-0.4, -0.2) is 25.2 Å². The third kappa shape index (κ3) is 3.39. The van der Waals surface area contributed by atoms with Crippen LogP contribution in [0.1, 0.15) is 29.5 Å². The maximum absolute atomic E-state index is 11.4. The standard InChI is InChI=1S/C9H12O5S/c1-2-3-15(12,13)6-8-4-7(5-14-8)9(10)11/h4-5H,2-3,6H2,1H3,(H,10,11). The van der Waals surface area contributed by atoms with Gasteiger partial charge >= 0.3 is 5.97 Å². The smallest absolute Gasteiger partial charge is 0.338 e. The lowest BCUT2D eigenvalue weighted by Gasteiger charge is -1.98. The summed E-state index contributed by atoms with van der Waals surface area (Å²) in [7, 11) is -3.18. The molecule has 6 heteroatoms. The lowest BCUT2D eigenvalue weighted by Crippen LogP contribution is -2.07. The Morgan fingerprint density at radius 1 is 1.53 bits per heavy atom. The maximum atomic E-state index is 11.4. The fraction of sp³-hybridized carbons (Fsp3) is 0.444. The van der Waals surface area contributed by atoms with Gasteiger partial charge in [-0.1, -0.05) is 6.92 Å². The van der Waals surface area contributed by atoms with Crippen LogP contribution in [0.2, 0.25) is 0 Å². The van der Waals surface area contributed by atoms with Crippen LogP contribution in [0.3, 0.4) is 0 Å². The predicted molar refractivity (Wildman–Crippen MR) is 53.4 cm³/mol. The first kappa shape index (κ1) is 11.8. The van der Waals surface area contributed by atoms with Crippen molar-refractivity contribution in [2.45, 2.75) is 19.1 Å². The van der Waals surface area contributed by atoms with Gasteiger partial charge in [0, 0.05) is 0 Å². The highest BCUT2D eigenvalue weighted by Crippen LogP contribution is 2.12. The van der Waals surface area contributed by atoms with Crippen molar-refractivity contribution in [1.29, 1.82) is 0 Å². The van der Waals surface area contributed by atoms with E-state index in [0.29, 0.717) is 6.42 Å². The third-order valence-electron chi connectivity index (χ3n) is 1.78. The molecule has 0 saturated heterocycles. The van der Waals surface area contributed by atoms with Crippen molar-refractivity contribution >= 4 is 15.8 Å². The van der Waals surface area contributed by atoms with Gasteiger partial charge in [-0.05, 0) is 12.5 Å². The molecular weight excluding hydrogens is 220 g/mol. The summed E-state index contributed by atoms with van der Waals surface area (Å²) >= 11 is 0. The van der Waals surface area contributed by atoms with Crippen molar-refractivity contribution in [3.63, 3.8) is 0 Å². The van der Waals surface area contributed by atoms with E-state index in [9.17, 15) is 13.2 Å². The maximum Gasteiger partial charge on any atom is 0.338 e. The molecule has 0 aliphatic rings. The molecule has 15 heavy (non-hydrogen) atoms. The Balaban J connectivity index is 2.77. The van der Waals surface area contributed by atoms with Crippen LogP contribution in [0.4, 0.5) is 0 Å². The molecule has 5 nitrogen and oxygen atoms in total. The van der Waals surface area contributed by atoms with E-state index in [1.807, 2.05) is 0 Å². The molecule has 0 saturated carbocycles. The van der Waals surface area contributed by atoms with Crippen LogP contribution in [0.15, 0.2) is 16.7 Å². The summed E-state index contributed by atoms with van der Waals surface area (Å²) in [6, 6.07) is 1.23. The van der Waals surface area contributed by atoms with Crippen LogP contribution < -0.4 is 0 Å². The van der Waals surface area contributed by atoms with Gasteiger partial charge in [0.1, 0.15) is 17.8 Å². The van der Waals surface area contributed by atoms with Crippen LogP contribution >= 0.6 is 0 Å². The molecule has 0 fully saturated rings. The Kier molecular flexibility index (Phi) is 3.52. The summed E-state index contributed by atoms with van der Waals surface area (Å²) in [5.41, 5.74) is -0.0308. The second kappa shape index (κ2) is 4.48. The summed E-state index contributed by atoms with van der Waals surface area (Å²) in [4.78, 5) is 10.5. The van der Waals surface area contributed by atoms with E-state index in [1.165, 1.54) is 6.07 Å². The minimum Gasteiger partial charge on any atom is -0.478 e. The van der Waals surface area contributed by atoms with Crippen molar-refractivity contribution in [2.24, 2.45) is 0 Å². The fourth-order valence-corrected chi connectivity index (χ4v) is 2.52. The number of hydrogen-bond donors (Lipinski definition) is 1. The summed E-state index contributed by atoms with van der Waals surface area (Å²) < 4.78 is 27.6. The number of carboxylic acids is 1. The molecule has 0 atom stereocenters. The van der Waals surface area contributed by atoms with Gasteiger partial charge in [0.2, 0.25) is 0 Å². The zero-order chi connectivity index (χ0) is 11.5. The van der Waals surface area contributed by atoms with Crippen molar-refractivity contribution in [2.75, 3.05) is 5.75 Å². The van der Waals surface area contributed by atoms with Gasteiger partial charge in [0.25, 0.3) is 0 Å². The third-order valence-corrected chi connectivity index (χ3v) is 3.53. The number of carbonyl (C=O) groups is 1. The predicted octanol–water partition coefficient (Wildman–Crippen LogP) is 1.30. The van der Waals surface area contributed by atoms with E-state index in [-0.39, 0.29) is 22.8 Å². The highest BCUT2D eigenvalue weighted by Gasteiger charge is 2.15. The normalized spacial score (nSPS) is 11.5. The van der Waals surface area contributed by atoms with Gasteiger partial charge in [-0.3, -0.25) is 0 Å². The molecule has 0 bridgehead atoms. The van der Waals surface area contributed by atoms with Crippen molar-refractivity contribution in [3.05, 3.63) is 23.7 Å². The van der Waals surface area contributed by atoms with E-state index < -0.39 is 15.8 Å². The molecule has 1 aromatic heterocycles. The number of rotatable bonds is 5. The Bertz CT molecular complexity index is 443. The minimum absolute atomic E-state index is 0.0308. The molecule has 0 aromatic carbocycles. The van der Waals surface area contributed by atoms with Crippen molar-refractivity contribution in [3.8, 4) is 0 Å². The average molecular weight is 232 g/mol. The van der Waals surface area contributed by atoms with E-state index >= 15 is 0 Å². The summed E-state index contributed by atoms with van der Waals surface area (Å²) in [5, 5.41) is 8.59. The van der Waals surface area contributed by atoms with Crippen LogP contribution in [0, 0.1) is 0 Å². The van der Waals surface area contributed by atoms with Gasteiger partial charge in [-0.15, -0.1) is 0 Å². The largest absolute Gasteiger partial charge is 0.478 e. The molecule has 1 aromatic rings. The minimum atomic E-state index is -3.18. The molecular formula is C9H12O5S. The number of furan rings is 1. The van der Waals surface area contributed by atoms with E-state index in [0.717, 1.165) is 6.26 Å². The molecule has 0 amide bonds. The topological polar surface area (TPSA) is 84.6 Å². The molecule has 84 valence electrons. The Hall–Kier alpha value is -1.30. The number of sulfone groups is 1. The van der Waals surface area contributed by atoms with Crippen LogP contribution in [0.25, 0.3) is 0 Å². The average Bonchev–Trinajstić information content (AvgIpc) is 2.51. The number of aromatic carboxylic acids is 1. The lowest BCUT2D eigenvalue weighted by atomic mass is 10.3.